The van der Waals surface area contributed by atoms with Crippen LogP contribution in [0.3, 0.4) is 0 Å². The van der Waals surface area contributed by atoms with Crippen LogP contribution >= 0.6 is 11.6 Å². The molecule has 3 nitrogen and oxygen atoms in total. The zero-order valence-electron chi connectivity index (χ0n) is 10.3. The van der Waals surface area contributed by atoms with Gasteiger partial charge in [-0.05, 0) is 32.3 Å². The van der Waals surface area contributed by atoms with Crippen molar-refractivity contribution < 1.29 is 4.74 Å². The second-order valence-corrected chi connectivity index (χ2v) is 4.62. The highest BCUT2D eigenvalue weighted by Crippen LogP contribution is 2.17. The normalized spacial score (nSPS) is 13.1. The Hall–Kier alpha value is -0.670. The summed E-state index contributed by atoms with van der Waals surface area (Å²) in [4.78, 5) is 8.66. The highest BCUT2D eigenvalue weighted by molar-refractivity contribution is 6.29. The van der Waals surface area contributed by atoms with Crippen LogP contribution in [0.1, 0.15) is 45.3 Å². The van der Waals surface area contributed by atoms with Crippen LogP contribution in [0.15, 0.2) is 6.07 Å². The molecule has 0 radical (unpaired) electrons. The summed E-state index contributed by atoms with van der Waals surface area (Å²) < 4.78 is 5.46. The van der Waals surface area contributed by atoms with Crippen molar-refractivity contribution in [3.8, 4) is 0 Å². The Labute approximate surface area is 102 Å². The molecule has 90 valence electrons. The summed E-state index contributed by atoms with van der Waals surface area (Å²) in [5, 5.41) is 0.493. The van der Waals surface area contributed by atoms with Gasteiger partial charge in [0.1, 0.15) is 11.3 Å². The monoisotopic (exact) mass is 242 g/mol. The topological polar surface area (TPSA) is 35.0 Å². The molecule has 0 fully saturated rings. The van der Waals surface area contributed by atoms with E-state index in [0.29, 0.717) is 23.5 Å². The van der Waals surface area contributed by atoms with Crippen molar-refractivity contribution in [1.82, 2.24) is 9.97 Å². The Morgan fingerprint density at radius 1 is 1.31 bits per heavy atom. The van der Waals surface area contributed by atoms with Crippen LogP contribution in [-0.4, -0.2) is 16.6 Å². The predicted molar refractivity (Wildman–Crippen MR) is 65.6 cm³/mol. The molecule has 0 spiro atoms. The molecule has 4 heteroatoms. The van der Waals surface area contributed by atoms with Gasteiger partial charge in [-0.25, -0.2) is 9.97 Å². The van der Waals surface area contributed by atoms with Crippen molar-refractivity contribution in [3.63, 3.8) is 0 Å². The van der Waals surface area contributed by atoms with Gasteiger partial charge in [0, 0.05) is 12.3 Å². The van der Waals surface area contributed by atoms with Crippen LogP contribution < -0.4 is 0 Å². The Bertz CT molecular complexity index is 342. The van der Waals surface area contributed by atoms with Crippen LogP contribution in [0, 0.1) is 5.92 Å². The van der Waals surface area contributed by atoms with Gasteiger partial charge in [-0.15, -0.1) is 0 Å². The van der Waals surface area contributed by atoms with Gasteiger partial charge in [0.2, 0.25) is 0 Å². The van der Waals surface area contributed by atoms with E-state index in [1.807, 2.05) is 19.9 Å². The highest BCUT2D eigenvalue weighted by Gasteiger charge is 2.11. The van der Waals surface area contributed by atoms with Crippen molar-refractivity contribution in [2.45, 2.75) is 40.2 Å². The van der Waals surface area contributed by atoms with Gasteiger partial charge in [-0.1, -0.05) is 25.4 Å². The Morgan fingerprint density at radius 3 is 2.56 bits per heavy atom. The third-order valence-electron chi connectivity index (χ3n) is 2.16. The fourth-order valence-corrected chi connectivity index (χ4v) is 1.73. The summed E-state index contributed by atoms with van der Waals surface area (Å²) in [6, 6.07) is 1.82. The fourth-order valence-electron chi connectivity index (χ4n) is 1.51. The van der Waals surface area contributed by atoms with Crippen LogP contribution in [0.25, 0.3) is 0 Å². The first-order chi connectivity index (χ1) is 7.52. The standard InChI is InChI=1S/C12H19ClN2O/c1-5-16-9(4)12-14-10(6-8(2)3)7-11(13)15-12/h7-9H,5-6H2,1-4H3. The first kappa shape index (κ1) is 13.4. The Morgan fingerprint density at radius 2 is 2.00 bits per heavy atom. The van der Waals surface area contributed by atoms with Crippen LogP contribution in [0.5, 0.6) is 0 Å². The van der Waals surface area contributed by atoms with E-state index >= 15 is 0 Å². The maximum Gasteiger partial charge on any atom is 0.158 e. The molecule has 0 saturated carbocycles. The smallest absolute Gasteiger partial charge is 0.158 e. The number of aromatic nitrogens is 2. The van der Waals surface area contributed by atoms with Gasteiger partial charge >= 0.3 is 0 Å². The minimum atomic E-state index is -0.102. The molecule has 0 aliphatic carbocycles. The van der Waals surface area contributed by atoms with Crippen molar-refractivity contribution in [2.24, 2.45) is 5.92 Å². The lowest BCUT2D eigenvalue weighted by molar-refractivity contribution is 0.0698. The van der Waals surface area contributed by atoms with Gasteiger partial charge in [0.25, 0.3) is 0 Å². The maximum atomic E-state index is 5.97. The van der Waals surface area contributed by atoms with E-state index in [9.17, 15) is 0 Å². The summed E-state index contributed by atoms with van der Waals surface area (Å²) in [5.41, 5.74) is 0.983. The largest absolute Gasteiger partial charge is 0.371 e. The van der Waals surface area contributed by atoms with Crippen LogP contribution in [-0.2, 0) is 11.2 Å². The second kappa shape index (κ2) is 6.16. The second-order valence-electron chi connectivity index (χ2n) is 4.24. The molecule has 0 N–H and O–H groups in total. The number of ether oxygens (including phenoxy) is 1. The van der Waals surface area contributed by atoms with Crippen LogP contribution in [0.4, 0.5) is 0 Å². The van der Waals surface area contributed by atoms with Crippen molar-refractivity contribution in [3.05, 3.63) is 22.7 Å². The third-order valence-corrected chi connectivity index (χ3v) is 2.36. The summed E-state index contributed by atoms with van der Waals surface area (Å²) in [6.45, 7) is 8.85. The summed E-state index contributed by atoms with van der Waals surface area (Å²) >= 11 is 5.97. The maximum absolute atomic E-state index is 5.97. The van der Waals surface area contributed by atoms with Gasteiger partial charge in [-0.2, -0.15) is 0 Å². The molecule has 1 heterocycles. The molecule has 1 aromatic rings. The molecular formula is C12H19ClN2O. The molecule has 16 heavy (non-hydrogen) atoms. The van der Waals surface area contributed by atoms with E-state index in [1.54, 1.807) is 0 Å². The van der Waals surface area contributed by atoms with Gasteiger partial charge in [-0.3, -0.25) is 0 Å². The van der Waals surface area contributed by atoms with Gasteiger partial charge in [0.05, 0.1) is 0 Å². The SMILES string of the molecule is CCOC(C)c1nc(Cl)cc(CC(C)C)n1. The number of halogens is 1. The van der Waals surface area contributed by atoms with Crippen molar-refractivity contribution in [2.75, 3.05) is 6.61 Å². The van der Waals surface area contributed by atoms with Crippen molar-refractivity contribution >= 4 is 11.6 Å². The van der Waals surface area contributed by atoms with E-state index in [1.165, 1.54) is 0 Å². The first-order valence-corrected chi connectivity index (χ1v) is 6.05. The number of hydrogen-bond acceptors (Lipinski definition) is 3. The van der Waals surface area contributed by atoms with E-state index < -0.39 is 0 Å². The van der Waals surface area contributed by atoms with Crippen LogP contribution in [0.2, 0.25) is 5.15 Å². The zero-order valence-corrected chi connectivity index (χ0v) is 11.1. The molecule has 0 amide bonds. The molecular weight excluding hydrogens is 224 g/mol. The Kier molecular flexibility index (Phi) is 5.16. The lowest BCUT2D eigenvalue weighted by atomic mass is 10.1. The highest BCUT2D eigenvalue weighted by atomic mass is 35.5. The average molecular weight is 243 g/mol. The fraction of sp³-hybridized carbons (Fsp3) is 0.667. The van der Waals surface area contributed by atoms with E-state index in [2.05, 4.69) is 23.8 Å². The third kappa shape index (κ3) is 4.06. The van der Waals surface area contributed by atoms with E-state index in [4.69, 9.17) is 16.3 Å². The molecule has 0 aromatic carbocycles. The molecule has 1 atom stereocenters. The van der Waals surface area contributed by atoms with Gasteiger partial charge in [0.15, 0.2) is 5.82 Å². The quantitative estimate of drug-likeness (QED) is 0.742. The Balaban J connectivity index is 2.89. The van der Waals surface area contributed by atoms with E-state index in [0.717, 1.165) is 12.1 Å². The molecule has 1 aromatic heterocycles. The summed E-state index contributed by atoms with van der Waals surface area (Å²) in [5.74, 6) is 1.23. The average Bonchev–Trinajstić information content (AvgIpc) is 2.15. The molecule has 0 saturated heterocycles. The number of hydrogen-bond donors (Lipinski definition) is 0. The minimum absolute atomic E-state index is 0.102. The lowest BCUT2D eigenvalue weighted by Crippen LogP contribution is -2.08. The zero-order chi connectivity index (χ0) is 12.1. The minimum Gasteiger partial charge on any atom is -0.371 e. The number of nitrogens with zero attached hydrogens (tertiary/aromatic N) is 2. The van der Waals surface area contributed by atoms with Crippen molar-refractivity contribution in [1.29, 1.82) is 0 Å². The molecule has 1 rings (SSSR count). The molecule has 0 bridgehead atoms. The lowest BCUT2D eigenvalue weighted by Gasteiger charge is -2.12. The molecule has 0 aliphatic heterocycles. The molecule has 0 aliphatic rings. The molecule has 1 unspecified atom stereocenters. The first-order valence-electron chi connectivity index (χ1n) is 5.67. The predicted octanol–water partition coefficient (Wildman–Crippen LogP) is 3.43. The number of rotatable bonds is 5. The van der Waals surface area contributed by atoms with E-state index in [-0.39, 0.29) is 6.10 Å². The summed E-state index contributed by atoms with van der Waals surface area (Å²) in [6.07, 6.45) is 0.809. The van der Waals surface area contributed by atoms with Gasteiger partial charge < -0.3 is 4.74 Å². The summed E-state index contributed by atoms with van der Waals surface area (Å²) in [7, 11) is 0.